The minimum Gasteiger partial charge on any atom is -0.494 e. The molecular weight excluding hydrogens is 310 g/mol. The Morgan fingerprint density at radius 3 is 2.92 bits per heavy atom. The molecule has 1 aromatic heterocycles. The first-order valence-corrected chi connectivity index (χ1v) is 8.85. The van der Waals surface area contributed by atoms with Crippen LogP contribution in [0, 0.1) is 0 Å². The number of nitrogens with zero attached hydrogens (tertiary/aromatic N) is 2. The van der Waals surface area contributed by atoms with Gasteiger partial charge in [0.25, 0.3) is 0 Å². The van der Waals surface area contributed by atoms with Gasteiger partial charge in [-0.15, -0.1) is 0 Å². The first-order chi connectivity index (χ1) is 12.3. The Morgan fingerprint density at radius 1 is 1.08 bits per heavy atom. The second-order valence-corrected chi connectivity index (χ2v) is 6.37. The fourth-order valence-electron chi connectivity index (χ4n) is 3.55. The van der Waals surface area contributed by atoms with Crippen LogP contribution in [0.2, 0.25) is 0 Å². The van der Waals surface area contributed by atoms with Crippen LogP contribution < -0.4 is 15.0 Å². The lowest BCUT2D eigenvalue weighted by atomic mass is 10.0. The fraction of sp³-hybridized carbons (Fsp3) is 0.286. The molecule has 2 aromatic carbocycles. The van der Waals surface area contributed by atoms with Gasteiger partial charge in [0.05, 0.1) is 7.11 Å². The highest BCUT2D eigenvalue weighted by molar-refractivity contribution is 5.85. The lowest BCUT2D eigenvalue weighted by molar-refractivity contribution is 0.419. The van der Waals surface area contributed by atoms with Crippen molar-refractivity contribution >= 4 is 22.4 Å². The average molecular weight is 333 g/mol. The van der Waals surface area contributed by atoms with Crippen molar-refractivity contribution < 1.29 is 4.74 Å². The number of anilines is 2. The molecule has 4 rings (SSSR count). The maximum Gasteiger partial charge on any atom is 0.145 e. The Balaban J connectivity index is 1.45. The predicted molar refractivity (Wildman–Crippen MR) is 104 cm³/mol. The van der Waals surface area contributed by atoms with Gasteiger partial charge in [-0.05, 0) is 42.7 Å². The molecule has 25 heavy (non-hydrogen) atoms. The van der Waals surface area contributed by atoms with Crippen LogP contribution in [0.15, 0.2) is 54.6 Å². The Kier molecular flexibility index (Phi) is 4.42. The van der Waals surface area contributed by atoms with Gasteiger partial charge >= 0.3 is 0 Å². The number of aryl methyl sites for hydroxylation is 1. The van der Waals surface area contributed by atoms with E-state index in [4.69, 9.17) is 9.72 Å². The number of rotatable bonds is 5. The van der Waals surface area contributed by atoms with Crippen LogP contribution in [0.3, 0.4) is 0 Å². The van der Waals surface area contributed by atoms with E-state index < -0.39 is 0 Å². The van der Waals surface area contributed by atoms with E-state index in [9.17, 15) is 0 Å². The average Bonchev–Trinajstić information content (AvgIpc) is 2.67. The van der Waals surface area contributed by atoms with Crippen LogP contribution in [0.4, 0.5) is 11.5 Å². The van der Waals surface area contributed by atoms with Crippen molar-refractivity contribution in [3.63, 3.8) is 0 Å². The van der Waals surface area contributed by atoms with Crippen molar-refractivity contribution in [2.24, 2.45) is 0 Å². The van der Waals surface area contributed by atoms with Crippen LogP contribution >= 0.6 is 0 Å². The minimum absolute atomic E-state index is 0.811. The van der Waals surface area contributed by atoms with Gasteiger partial charge in [-0.25, -0.2) is 4.98 Å². The molecule has 0 radical (unpaired) electrons. The number of ether oxygens (including phenoxy) is 1. The third-order valence-corrected chi connectivity index (χ3v) is 4.80. The summed E-state index contributed by atoms with van der Waals surface area (Å²) in [5, 5.41) is 4.55. The summed E-state index contributed by atoms with van der Waals surface area (Å²) in [6.45, 7) is 2.96. The Hall–Kier alpha value is -2.75. The number of methoxy groups -OCH3 is 1. The second kappa shape index (κ2) is 7.01. The van der Waals surface area contributed by atoms with E-state index >= 15 is 0 Å². The number of para-hydroxylation sites is 2. The molecule has 0 saturated carbocycles. The molecular formula is C21H23N3O. The van der Waals surface area contributed by atoms with Gasteiger partial charge in [0.1, 0.15) is 17.1 Å². The first kappa shape index (κ1) is 15.8. The summed E-state index contributed by atoms with van der Waals surface area (Å²) < 4.78 is 5.42. The molecule has 1 aliphatic rings. The van der Waals surface area contributed by atoms with E-state index in [0.29, 0.717) is 0 Å². The van der Waals surface area contributed by atoms with E-state index in [1.165, 1.54) is 24.1 Å². The van der Waals surface area contributed by atoms with Crippen molar-refractivity contribution in [2.75, 3.05) is 37.0 Å². The molecule has 0 saturated heterocycles. The zero-order valence-corrected chi connectivity index (χ0v) is 14.5. The van der Waals surface area contributed by atoms with Crippen LogP contribution in [-0.2, 0) is 6.42 Å². The molecule has 0 atom stereocenters. The molecule has 1 N–H and O–H groups in total. The smallest absolute Gasteiger partial charge is 0.145 e. The molecule has 0 fully saturated rings. The number of pyridine rings is 1. The lowest BCUT2D eigenvalue weighted by Gasteiger charge is -2.31. The van der Waals surface area contributed by atoms with Gasteiger partial charge < -0.3 is 15.0 Å². The summed E-state index contributed by atoms with van der Waals surface area (Å²) in [6.07, 6.45) is 2.41. The number of nitrogens with one attached hydrogen (secondary N) is 1. The van der Waals surface area contributed by atoms with Crippen molar-refractivity contribution in [1.29, 1.82) is 0 Å². The number of benzene rings is 2. The summed E-state index contributed by atoms with van der Waals surface area (Å²) in [4.78, 5) is 7.18. The van der Waals surface area contributed by atoms with E-state index in [0.717, 1.165) is 42.1 Å². The molecule has 0 unspecified atom stereocenters. The van der Waals surface area contributed by atoms with Crippen LogP contribution in [0.1, 0.15) is 12.0 Å². The maximum atomic E-state index is 5.42. The highest BCUT2D eigenvalue weighted by atomic mass is 16.5. The van der Waals surface area contributed by atoms with Crippen LogP contribution in [0.5, 0.6) is 5.75 Å². The summed E-state index contributed by atoms with van der Waals surface area (Å²) in [5.41, 5.74) is 3.74. The summed E-state index contributed by atoms with van der Waals surface area (Å²) in [6, 6.07) is 18.8. The molecule has 128 valence electrons. The Morgan fingerprint density at radius 2 is 2.00 bits per heavy atom. The van der Waals surface area contributed by atoms with E-state index in [2.05, 4.69) is 46.6 Å². The largest absolute Gasteiger partial charge is 0.494 e. The summed E-state index contributed by atoms with van der Waals surface area (Å²) in [7, 11) is 1.68. The first-order valence-electron chi connectivity index (χ1n) is 8.85. The number of aromatic nitrogens is 1. The molecule has 0 bridgehead atoms. The van der Waals surface area contributed by atoms with E-state index in [1.807, 2.05) is 18.2 Å². The van der Waals surface area contributed by atoms with Gasteiger partial charge in [0.2, 0.25) is 0 Å². The molecule has 0 spiro atoms. The third-order valence-electron chi connectivity index (χ3n) is 4.80. The van der Waals surface area contributed by atoms with Gasteiger partial charge in [0.15, 0.2) is 0 Å². The van der Waals surface area contributed by atoms with Gasteiger partial charge in [-0.1, -0.05) is 30.3 Å². The standard InChI is InChI=1S/C21H23N3O/c1-25-19-10-4-7-17-11-12-20(23-21(17)19)22-13-15-24-14-5-8-16-6-2-3-9-18(16)24/h2-4,6-7,9-12H,5,8,13-15H2,1H3,(H,22,23). The molecule has 4 nitrogen and oxygen atoms in total. The summed E-state index contributed by atoms with van der Waals surface area (Å²) >= 11 is 0. The fourth-order valence-corrected chi connectivity index (χ4v) is 3.55. The number of hydrogen-bond acceptors (Lipinski definition) is 4. The third kappa shape index (κ3) is 3.25. The van der Waals surface area contributed by atoms with Crippen molar-refractivity contribution in [2.45, 2.75) is 12.8 Å². The Labute approximate surface area is 148 Å². The predicted octanol–water partition coefficient (Wildman–Crippen LogP) is 4.11. The molecule has 0 amide bonds. The van der Waals surface area contributed by atoms with E-state index in [-0.39, 0.29) is 0 Å². The van der Waals surface area contributed by atoms with Gasteiger partial charge in [0, 0.05) is 30.7 Å². The molecule has 4 heteroatoms. The Bertz CT molecular complexity index is 878. The second-order valence-electron chi connectivity index (χ2n) is 6.37. The van der Waals surface area contributed by atoms with Crippen LogP contribution in [0.25, 0.3) is 10.9 Å². The normalized spacial score (nSPS) is 13.6. The topological polar surface area (TPSA) is 37.4 Å². The lowest BCUT2D eigenvalue weighted by Crippen LogP contribution is -2.33. The maximum absolute atomic E-state index is 5.42. The number of hydrogen-bond donors (Lipinski definition) is 1. The highest BCUT2D eigenvalue weighted by Gasteiger charge is 2.15. The quantitative estimate of drug-likeness (QED) is 0.762. The zero-order chi connectivity index (χ0) is 17.1. The number of fused-ring (bicyclic) bond motifs is 2. The highest BCUT2D eigenvalue weighted by Crippen LogP contribution is 2.27. The minimum atomic E-state index is 0.811. The molecule has 0 aliphatic carbocycles. The van der Waals surface area contributed by atoms with Crippen LogP contribution in [-0.4, -0.2) is 31.7 Å². The molecule has 2 heterocycles. The molecule has 3 aromatic rings. The van der Waals surface area contributed by atoms with E-state index in [1.54, 1.807) is 7.11 Å². The summed E-state index contributed by atoms with van der Waals surface area (Å²) in [5.74, 6) is 1.70. The van der Waals surface area contributed by atoms with Crippen molar-refractivity contribution in [3.8, 4) is 5.75 Å². The SMILES string of the molecule is COc1cccc2ccc(NCCN3CCCc4ccccc43)nc12. The van der Waals surface area contributed by atoms with Gasteiger partial charge in [-0.3, -0.25) is 0 Å². The zero-order valence-electron chi connectivity index (χ0n) is 14.5. The van der Waals surface area contributed by atoms with Crippen molar-refractivity contribution in [3.05, 3.63) is 60.2 Å². The monoisotopic (exact) mass is 333 g/mol. The van der Waals surface area contributed by atoms with Gasteiger partial charge in [-0.2, -0.15) is 0 Å². The molecule has 1 aliphatic heterocycles. The van der Waals surface area contributed by atoms with Crippen molar-refractivity contribution in [1.82, 2.24) is 4.98 Å².